The van der Waals surface area contributed by atoms with Gasteiger partial charge in [0.25, 0.3) is 0 Å². The Balaban J connectivity index is 0.916. The maximum atomic E-state index is 6.53. The van der Waals surface area contributed by atoms with E-state index in [4.69, 9.17) is 19.4 Å². The van der Waals surface area contributed by atoms with E-state index in [9.17, 15) is 0 Å². The Morgan fingerprint density at radius 2 is 0.952 bits per heavy atom. The molecule has 4 aromatic heterocycles. The number of furan rings is 1. The van der Waals surface area contributed by atoms with Crippen LogP contribution in [0.4, 0.5) is 0 Å². The number of benzene rings is 9. The van der Waals surface area contributed by atoms with Crippen molar-refractivity contribution in [3.05, 3.63) is 206 Å². The Bertz CT molecular complexity index is 3900. The molecule has 0 bridgehead atoms. The summed E-state index contributed by atoms with van der Waals surface area (Å²) in [7, 11) is 0. The average Bonchev–Trinajstić information content (AvgIpc) is 4.04. The molecule has 0 saturated carbocycles. The third-order valence-electron chi connectivity index (χ3n) is 12.3. The molecule has 6 heteroatoms. The number of fused-ring (bicyclic) bond motifs is 9. The summed E-state index contributed by atoms with van der Waals surface area (Å²) in [4.78, 5) is 15.6. The van der Waals surface area contributed by atoms with Crippen LogP contribution in [-0.4, -0.2) is 19.5 Å². The first-order valence-electron chi connectivity index (χ1n) is 21.1. The van der Waals surface area contributed by atoms with Crippen LogP contribution in [0.1, 0.15) is 0 Å². The van der Waals surface area contributed by atoms with Crippen molar-refractivity contribution >= 4 is 75.3 Å². The van der Waals surface area contributed by atoms with E-state index in [1.54, 1.807) is 11.3 Å². The predicted molar refractivity (Wildman–Crippen MR) is 262 cm³/mol. The minimum Gasteiger partial charge on any atom is -0.456 e. The van der Waals surface area contributed by atoms with Crippen LogP contribution in [0.25, 0.3) is 126 Å². The van der Waals surface area contributed by atoms with E-state index >= 15 is 0 Å². The molecule has 0 aliphatic carbocycles. The Kier molecular flexibility index (Phi) is 8.01. The fourth-order valence-corrected chi connectivity index (χ4v) is 10.5. The molecule has 0 aliphatic heterocycles. The molecule has 13 aromatic rings. The molecule has 0 saturated heterocycles. The van der Waals surface area contributed by atoms with Crippen molar-refractivity contribution in [3.63, 3.8) is 0 Å². The highest BCUT2D eigenvalue weighted by atomic mass is 32.1. The Morgan fingerprint density at radius 3 is 1.76 bits per heavy atom. The van der Waals surface area contributed by atoms with E-state index in [1.807, 2.05) is 30.3 Å². The number of rotatable bonds is 6. The highest BCUT2D eigenvalue weighted by Crippen LogP contribution is 2.42. The maximum Gasteiger partial charge on any atom is 0.165 e. The van der Waals surface area contributed by atoms with Crippen molar-refractivity contribution in [1.29, 1.82) is 0 Å². The van der Waals surface area contributed by atoms with Gasteiger partial charge in [-0.1, -0.05) is 146 Å². The molecule has 13 rings (SSSR count). The van der Waals surface area contributed by atoms with Crippen molar-refractivity contribution in [3.8, 4) is 62.1 Å². The number of hydrogen-bond acceptors (Lipinski definition) is 5. The lowest BCUT2D eigenvalue weighted by atomic mass is 9.97. The standard InChI is InChI=1S/C57H34N4OS/c1-3-13-37(14-4-1)55-58-56(60-57(59-55)45-21-11-19-43-42-18-8-10-24-52(42)63-54(43)45)44-20-12-23-51-53(44)47-34-39(30-32-50(47)62-51)36-27-25-35(26-28-36)38-29-31-49-46(33-38)41-17-7-9-22-48(41)61(49)40-15-5-2-6-16-40/h1-34H. The van der Waals surface area contributed by atoms with Crippen LogP contribution in [0.2, 0.25) is 0 Å². The molecule has 0 N–H and O–H groups in total. The van der Waals surface area contributed by atoms with Gasteiger partial charge in [-0.3, -0.25) is 0 Å². The second-order valence-corrected chi connectivity index (χ2v) is 17.0. The zero-order valence-corrected chi connectivity index (χ0v) is 34.6. The molecule has 4 heterocycles. The van der Waals surface area contributed by atoms with Crippen molar-refractivity contribution in [2.75, 3.05) is 0 Å². The van der Waals surface area contributed by atoms with Crippen LogP contribution in [-0.2, 0) is 0 Å². The third kappa shape index (κ3) is 5.80. The summed E-state index contributed by atoms with van der Waals surface area (Å²) < 4.78 is 11.3. The van der Waals surface area contributed by atoms with Gasteiger partial charge in [-0.05, 0) is 82.9 Å². The summed E-state index contributed by atoms with van der Waals surface area (Å²) in [5.41, 5.74) is 12.5. The second-order valence-electron chi connectivity index (χ2n) is 15.9. The van der Waals surface area contributed by atoms with Crippen LogP contribution < -0.4 is 0 Å². The SMILES string of the molecule is c1ccc(-c2nc(-c3cccc4c3sc3ccccc34)nc(-c3cccc4oc5ccc(-c6ccc(-c7ccc8c(c7)c7ccccc7n8-c7ccccc7)cc6)cc5c34)n2)cc1. The second kappa shape index (κ2) is 14.2. The lowest BCUT2D eigenvalue weighted by Gasteiger charge is -2.10. The van der Waals surface area contributed by atoms with Crippen LogP contribution >= 0.6 is 11.3 Å². The molecular weight excluding hydrogens is 789 g/mol. The minimum atomic E-state index is 0.601. The van der Waals surface area contributed by atoms with Gasteiger partial charge in [0, 0.05) is 64.1 Å². The molecular formula is C57H34N4OS. The number of nitrogens with zero attached hydrogens (tertiary/aromatic N) is 4. The number of thiophene rings is 1. The fourth-order valence-electron chi connectivity index (χ4n) is 9.31. The quantitative estimate of drug-likeness (QED) is 0.168. The average molecular weight is 823 g/mol. The van der Waals surface area contributed by atoms with E-state index in [-0.39, 0.29) is 0 Å². The summed E-state index contributed by atoms with van der Waals surface area (Å²) >= 11 is 1.78. The molecule has 0 fully saturated rings. The molecule has 294 valence electrons. The van der Waals surface area contributed by atoms with E-state index < -0.39 is 0 Å². The van der Waals surface area contributed by atoms with E-state index in [2.05, 4.69) is 180 Å². The maximum absolute atomic E-state index is 6.53. The van der Waals surface area contributed by atoms with Crippen molar-refractivity contribution < 1.29 is 4.42 Å². The van der Waals surface area contributed by atoms with Gasteiger partial charge in [0.1, 0.15) is 11.2 Å². The predicted octanol–water partition coefficient (Wildman–Crippen LogP) is 15.6. The molecule has 9 aromatic carbocycles. The molecule has 0 radical (unpaired) electrons. The molecule has 0 amide bonds. The summed E-state index contributed by atoms with van der Waals surface area (Å²) in [6.45, 7) is 0. The molecule has 0 atom stereocenters. The molecule has 0 aliphatic rings. The first-order chi connectivity index (χ1) is 31.2. The van der Waals surface area contributed by atoms with Gasteiger partial charge < -0.3 is 8.98 Å². The van der Waals surface area contributed by atoms with Crippen LogP contribution in [0.5, 0.6) is 0 Å². The number of para-hydroxylation sites is 2. The summed E-state index contributed by atoms with van der Waals surface area (Å²) in [6, 6.07) is 72.7. The van der Waals surface area contributed by atoms with Crippen LogP contribution in [0, 0.1) is 0 Å². The zero-order chi connectivity index (χ0) is 41.4. The number of hydrogen-bond donors (Lipinski definition) is 0. The van der Waals surface area contributed by atoms with Gasteiger partial charge in [-0.15, -0.1) is 11.3 Å². The molecule has 0 unspecified atom stereocenters. The van der Waals surface area contributed by atoms with E-state index in [0.717, 1.165) is 60.1 Å². The zero-order valence-electron chi connectivity index (χ0n) is 33.7. The highest BCUT2D eigenvalue weighted by molar-refractivity contribution is 7.26. The molecule has 5 nitrogen and oxygen atoms in total. The van der Waals surface area contributed by atoms with Crippen molar-refractivity contribution in [2.45, 2.75) is 0 Å². The lowest BCUT2D eigenvalue weighted by molar-refractivity contribution is 0.669. The van der Waals surface area contributed by atoms with Crippen LogP contribution in [0.15, 0.2) is 211 Å². The first-order valence-corrected chi connectivity index (χ1v) is 21.9. The van der Waals surface area contributed by atoms with Gasteiger partial charge in [0.15, 0.2) is 17.5 Å². The van der Waals surface area contributed by atoms with Gasteiger partial charge >= 0.3 is 0 Å². The van der Waals surface area contributed by atoms with Crippen molar-refractivity contribution in [1.82, 2.24) is 19.5 Å². The van der Waals surface area contributed by atoms with Gasteiger partial charge in [0.2, 0.25) is 0 Å². The lowest BCUT2D eigenvalue weighted by Crippen LogP contribution is -2.00. The van der Waals surface area contributed by atoms with Crippen LogP contribution in [0.3, 0.4) is 0 Å². The molecule has 63 heavy (non-hydrogen) atoms. The Hall–Kier alpha value is -8.19. The Labute approximate surface area is 365 Å². The van der Waals surface area contributed by atoms with E-state index in [1.165, 1.54) is 48.4 Å². The van der Waals surface area contributed by atoms with Gasteiger partial charge in [-0.25, -0.2) is 15.0 Å². The normalized spacial score (nSPS) is 11.8. The highest BCUT2D eigenvalue weighted by Gasteiger charge is 2.20. The largest absolute Gasteiger partial charge is 0.456 e. The Morgan fingerprint density at radius 1 is 0.365 bits per heavy atom. The third-order valence-corrected chi connectivity index (χ3v) is 13.5. The van der Waals surface area contributed by atoms with Gasteiger partial charge in [0.05, 0.1) is 11.0 Å². The van der Waals surface area contributed by atoms with Crippen molar-refractivity contribution in [2.24, 2.45) is 0 Å². The smallest absolute Gasteiger partial charge is 0.165 e. The van der Waals surface area contributed by atoms with Gasteiger partial charge in [-0.2, -0.15) is 0 Å². The molecule has 0 spiro atoms. The summed E-state index contributed by atoms with van der Waals surface area (Å²) in [6.07, 6.45) is 0. The number of aromatic nitrogens is 4. The van der Waals surface area contributed by atoms with E-state index in [0.29, 0.717) is 17.5 Å². The minimum absolute atomic E-state index is 0.601. The summed E-state index contributed by atoms with van der Waals surface area (Å²) in [5, 5.41) is 6.91. The summed E-state index contributed by atoms with van der Waals surface area (Å²) in [5.74, 6) is 1.87. The first kappa shape index (κ1) is 35.6. The fraction of sp³-hybridized carbons (Fsp3) is 0. The monoisotopic (exact) mass is 822 g/mol. The topological polar surface area (TPSA) is 56.7 Å².